The molecule has 112 valence electrons. The summed E-state index contributed by atoms with van der Waals surface area (Å²) in [6, 6.07) is 11.0. The van der Waals surface area contributed by atoms with Crippen LogP contribution in [0.25, 0.3) is 0 Å². The number of nitrogens with zero attached hydrogens (tertiary/aromatic N) is 1. The number of hydrogen-bond donors (Lipinski definition) is 0. The van der Waals surface area contributed by atoms with E-state index in [9.17, 15) is 0 Å². The zero-order valence-corrected chi connectivity index (χ0v) is 14.5. The highest BCUT2D eigenvalue weighted by Gasteiger charge is 2.22. The van der Waals surface area contributed by atoms with Gasteiger partial charge in [-0.2, -0.15) is 0 Å². The second kappa shape index (κ2) is 8.19. The first-order valence-corrected chi connectivity index (χ1v) is 9.13. The second-order valence-corrected chi connectivity index (χ2v) is 7.24. The maximum absolute atomic E-state index is 3.67. The normalized spacial score (nSPS) is 19.4. The van der Waals surface area contributed by atoms with E-state index in [4.69, 9.17) is 0 Å². The van der Waals surface area contributed by atoms with Gasteiger partial charge in [-0.15, -0.1) is 0 Å². The van der Waals surface area contributed by atoms with Crippen LogP contribution in [0.4, 0.5) is 0 Å². The fraction of sp³-hybridized carbons (Fsp3) is 0.667. The summed E-state index contributed by atoms with van der Waals surface area (Å²) in [6.07, 6.45) is 3.99. The molecule has 0 radical (unpaired) electrons. The van der Waals surface area contributed by atoms with E-state index in [2.05, 4.69) is 65.0 Å². The van der Waals surface area contributed by atoms with Gasteiger partial charge in [0.25, 0.3) is 0 Å². The van der Waals surface area contributed by atoms with Gasteiger partial charge in [0.05, 0.1) is 0 Å². The number of piperidine rings is 1. The number of halogens is 1. The van der Waals surface area contributed by atoms with Gasteiger partial charge in [-0.25, -0.2) is 0 Å². The van der Waals surface area contributed by atoms with E-state index in [0.717, 1.165) is 23.1 Å². The molecule has 0 saturated carbocycles. The largest absolute Gasteiger partial charge is 0.303 e. The zero-order chi connectivity index (χ0) is 14.4. The molecule has 1 aromatic rings. The van der Waals surface area contributed by atoms with Crippen LogP contribution in [-0.2, 0) is 6.42 Å². The lowest BCUT2D eigenvalue weighted by atomic mass is 9.89. The topological polar surface area (TPSA) is 3.24 Å². The SMILES string of the molecule is CC(C)C(CBr)CN1CCC(Cc2ccccc2)CC1. The Balaban J connectivity index is 1.75. The van der Waals surface area contributed by atoms with Gasteiger partial charge in [0.2, 0.25) is 0 Å². The van der Waals surface area contributed by atoms with E-state index < -0.39 is 0 Å². The number of alkyl halides is 1. The molecule has 0 N–H and O–H groups in total. The molecule has 1 nitrogen and oxygen atoms in total. The smallest absolute Gasteiger partial charge is 0.00743 e. The Hall–Kier alpha value is -0.340. The van der Waals surface area contributed by atoms with Crippen molar-refractivity contribution >= 4 is 15.9 Å². The highest BCUT2D eigenvalue weighted by atomic mass is 79.9. The van der Waals surface area contributed by atoms with Crippen molar-refractivity contribution in [3.8, 4) is 0 Å². The van der Waals surface area contributed by atoms with Crippen LogP contribution >= 0.6 is 15.9 Å². The van der Waals surface area contributed by atoms with Crippen molar-refractivity contribution in [2.24, 2.45) is 17.8 Å². The number of hydrogen-bond acceptors (Lipinski definition) is 1. The average molecular weight is 338 g/mol. The van der Waals surface area contributed by atoms with Gasteiger partial charge >= 0.3 is 0 Å². The summed E-state index contributed by atoms with van der Waals surface area (Å²) in [6.45, 7) is 8.52. The Morgan fingerprint density at radius 2 is 1.80 bits per heavy atom. The average Bonchev–Trinajstić information content (AvgIpc) is 2.47. The Morgan fingerprint density at radius 1 is 1.15 bits per heavy atom. The molecule has 2 rings (SSSR count). The summed E-state index contributed by atoms with van der Waals surface area (Å²) >= 11 is 3.67. The lowest BCUT2D eigenvalue weighted by molar-refractivity contribution is 0.152. The summed E-state index contributed by atoms with van der Waals surface area (Å²) in [5, 5.41) is 1.13. The monoisotopic (exact) mass is 337 g/mol. The molecule has 0 spiro atoms. The summed E-state index contributed by atoms with van der Waals surface area (Å²) in [7, 11) is 0. The summed E-state index contributed by atoms with van der Waals surface area (Å²) in [4.78, 5) is 2.67. The van der Waals surface area contributed by atoms with Crippen molar-refractivity contribution in [3.05, 3.63) is 35.9 Å². The number of benzene rings is 1. The van der Waals surface area contributed by atoms with Gasteiger partial charge in [-0.3, -0.25) is 0 Å². The van der Waals surface area contributed by atoms with Crippen molar-refractivity contribution in [3.63, 3.8) is 0 Å². The molecule has 1 saturated heterocycles. The van der Waals surface area contributed by atoms with Crippen molar-refractivity contribution in [2.75, 3.05) is 25.0 Å². The zero-order valence-electron chi connectivity index (χ0n) is 12.9. The Bertz CT molecular complexity index is 368. The molecule has 1 aliphatic rings. The van der Waals surface area contributed by atoms with Gasteiger partial charge in [0, 0.05) is 11.9 Å². The van der Waals surface area contributed by atoms with E-state index in [1.165, 1.54) is 44.5 Å². The number of likely N-dealkylation sites (tertiary alicyclic amines) is 1. The lowest BCUT2D eigenvalue weighted by Crippen LogP contribution is -2.39. The van der Waals surface area contributed by atoms with Crippen LogP contribution < -0.4 is 0 Å². The van der Waals surface area contributed by atoms with Crippen molar-refractivity contribution in [1.29, 1.82) is 0 Å². The summed E-state index contributed by atoms with van der Waals surface area (Å²) in [5.41, 5.74) is 1.51. The standard InChI is InChI=1S/C18H28BrN/c1-15(2)18(13-19)14-20-10-8-17(9-11-20)12-16-6-4-3-5-7-16/h3-7,15,17-18H,8-14H2,1-2H3. The van der Waals surface area contributed by atoms with E-state index in [1.807, 2.05) is 0 Å². The molecule has 1 heterocycles. The van der Waals surface area contributed by atoms with E-state index in [0.29, 0.717) is 0 Å². The van der Waals surface area contributed by atoms with Gasteiger partial charge in [-0.05, 0) is 55.7 Å². The highest BCUT2D eigenvalue weighted by molar-refractivity contribution is 9.09. The third-order valence-electron chi connectivity index (χ3n) is 4.71. The van der Waals surface area contributed by atoms with Gasteiger partial charge in [0.1, 0.15) is 0 Å². The third kappa shape index (κ3) is 4.89. The quantitative estimate of drug-likeness (QED) is 0.685. The summed E-state index contributed by atoms with van der Waals surface area (Å²) < 4.78 is 0. The lowest BCUT2D eigenvalue weighted by Gasteiger charge is -2.35. The van der Waals surface area contributed by atoms with Crippen LogP contribution in [0.2, 0.25) is 0 Å². The van der Waals surface area contributed by atoms with Gasteiger partial charge in [-0.1, -0.05) is 60.1 Å². The van der Waals surface area contributed by atoms with Crippen LogP contribution in [0, 0.1) is 17.8 Å². The Morgan fingerprint density at radius 3 is 2.35 bits per heavy atom. The molecular weight excluding hydrogens is 310 g/mol. The third-order valence-corrected chi connectivity index (χ3v) is 5.54. The van der Waals surface area contributed by atoms with Crippen molar-refractivity contribution < 1.29 is 0 Å². The highest BCUT2D eigenvalue weighted by Crippen LogP contribution is 2.24. The van der Waals surface area contributed by atoms with Gasteiger partial charge < -0.3 is 4.90 Å². The minimum atomic E-state index is 0.774. The molecular formula is C18H28BrN. The first-order valence-electron chi connectivity index (χ1n) is 8.01. The van der Waals surface area contributed by atoms with E-state index in [1.54, 1.807) is 0 Å². The molecule has 0 bridgehead atoms. The first-order chi connectivity index (χ1) is 9.69. The fourth-order valence-corrected chi connectivity index (χ4v) is 4.04. The minimum Gasteiger partial charge on any atom is -0.303 e. The van der Waals surface area contributed by atoms with E-state index >= 15 is 0 Å². The maximum atomic E-state index is 3.67. The van der Waals surface area contributed by atoms with E-state index in [-0.39, 0.29) is 0 Å². The molecule has 2 heteroatoms. The van der Waals surface area contributed by atoms with Crippen molar-refractivity contribution in [1.82, 2.24) is 4.90 Å². The molecule has 0 amide bonds. The van der Waals surface area contributed by atoms with Crippen LogP contribution in [0.15, 0.2) is 30.3 Å². The fourth-order valence-electron chi connectivity index (χ4n) is 3.09. The summed E-state index contributed by atoms with van der Waals surface area (Å²) in [5.74, 6) is 2.45. The molecule has 0 aromatic heterocycles. The molecule has 1 fully saturated rings. The molecule has 1 aliphatic heterocycles. The Kier molecular flexibility index (Phi) is 6.57. The van der Waals surface area contributed by atoms with Crippen molar-refractivity contribution in [2.45, 2.75) is 33.1 Å². The van der Waals surface area contributed by atoms with Gasteiger partial charge in [0.15, 0.2) is 0 Å². The number of rotatable bonds is 6. The second-order valence-electron chi connectivity index (χ2n) is 6.59. The maximum Gasteiger partial charge on any atom is 0.00743 e. The minimum absolute atomic E-state index is 0.774. The van der Waals surface area contributed by atoms with Crippen LogP contribution in [-0.4, -0.2) is 29.9 Å². The molecule has 20 heavy (non-hydrogen) atoms. The molecule has 1 aromatic carbocycles. The van der Waals surface area contributed by atoms with Crippen LogP contribution in [0.1, 0.15) is 32.3 Å². The molecule has 1 atom stereocenters. The molecule has 0 aliphatic carbocycles. The predicted octanol–water partition coefficient (Wildman–Crippen LogP) is 4.61. The predicted molar refractivity (Wildman–Crippen MR) is 91.4 cm³/mol. The molecule has 1 unspecified atom stereocenters. The van der Waals surface area contributed by atoms with Crippen LogP contribution in [0.3, 0.4) is 0 Å². The Labute approximate surface area is 132 Å². The van der Waals surface area contributed by atoms with Crippen LogP contribution in [0.5, 0.6) is 0 Å². The first kappa shape index (κ1) is 16.0.